The molecule has 10 heteroatoms. The van der Waals surface area contributed by atoms with E-state index in [1.54, 1.807) is 12.1 Å². The SMILES string of the molecule is O=C(Nc1nc(-c2ccc(Br)cc2)cs1)c1ccccc1NS(=O)(=O)c1ccc(F)cc1. The summed E-state index contributed by atoms with van der Waals surface area (Å²) in [4.78, 5) is 17.2. The number of sulfonamides is 1. The van der Waals surface area contributed by atoms with Crippen molar-refractivity contribution in [1.29, 1.82) is 0 Å². The number of thiazole rings is 1. The molecule has 0 saturated carbocycles. The van der Waals surface area contributed by atoms with E-state index in [1.807, 2.05) is 29.6 Å². The third-order valence-corrected chi connectivity index (χ3v) is 7.07. The van der Waals surface area contributed by atoms with E-state index in [0.717, 1.165) is 34.3 Å². The van der Waals surface area contributed by atoms with Gasteiger partial charge < -0.3 is 0 Å². The number of nitrogens with one attached hydrogen (secondary N) is 2. The van der Waals surface area contributed by atoms with E-state index in [0.29, 0.717) is 10.8 Å². The van der Waals surface area contributed by atoms with Gasteiger partial charge in [0.25, 0.3) is 15.9 Å². The predicted molar refractivity (Wildman–Crippen MR) is 127 cm³/mol. The summed E-state index contributed by atoms with van der Waals surface area (Å²) in [7, 11) is -4.01. The zero-order chi connectivity index (χ0) is 22.7. The first-order valence-electron chi connectivity index (χ1n) is 9.22. The average molecular weight is 532 g/mol. The van der Waals surface area contributed by atoms with E-state index in [1.165, 1.54) is 23.5 Å². The highest BCUT2D eigenvalue weighted by molar-refractivity contribution is 9.10. The molecule has 0 aliphatic heterocycles. The molecular weight excluding hydrogens is 517 g/mol. The van der Waals surface area contributed by atoms with Crippen LogP contribution in [0.25, 0.3) is 11.3 Å². The van der Waals surface area contributed by atoms with Gasteiger partial charge in [0.05, 0.1) is 21.8 Å². The summed E-state index contributed by atoms with van der Waals surface area (Å²) in [5.74, 6) is -1.06. The Balaban J connectivity index is 1.54. The van der Waals surface area contributed by atoms with Crippen molar-refractivity contribution >= 4 is 54.0 Å². The number of nitrogens with zero attached hydrogens (tertiary/aromatic N) is 1. The Kier molecular flexibility index (Phi) is 6.35. The number of anilines is 2. The molecule has 0 aliphatic rings. The monoisotopic (exact) mass is 531 g/mol. The smallest absolute Gasteiger partial charge is 0.261 e. The van der Waals surface area contributed by atoms with Gasteiger partial charge in [0, 0.05) is 15.4 Å². The van der Waals surface area contributed by atoms with Crippen molar-refractivity contribution in [3.63, 3.8) is 0 Å². The number of hydrogen-bond donors (Lipinski definition) is 2. The Morgan fingerprint density at radius 1 is 0.969 bits per heavy atom. The Labute approximate surface area is 196 Å². The van der Waals surface area contributed by atoms with E-state index in [-0.39, 0.29) is 16.1 Å². The van der Waals surface area contributed by atoms with Gasteiger partial charge in [-0.25, -0.2) is 17.8 Å². The third-order valence-electron chi connectivity index (χ3n) is 4.40. The van der Waals surface area contributed by atoms with Crippen molar-refractivity contribution in [2.24, 2.45) is 0 Å². The number of hydrogen-bond acceptors (Lipinski definition) is 5. The fourth-order valence-electron chi connectivity index (χ4n) is 2.84. The molecule has 1 heterocycles. The molecule has 3 aromatic carbocycles. The lowest BCUT2D eigenvalue weighted by atomic mass is 10.2. The van der Waals surface area contributed by atoms with E-state index in [4.69, 9.17) is 0 Å². The summed E-state index contributed by atoms with van der Waals surface area (Å²) < 4.78 is 41.8. The van der Waals surface area contributed by atoms with Crippen LogP contribution >= 0.6 is 27.3 Å². The second kappa shape index (κ2) is 9.19. The highest BCUT2D eigenvalue weighted by Gasteiger charge is 2.19. The fraction of sp³-hybridized carbons (Fsp3) is 0. The summed E-state index contributed by atoms with van der Waals surface area (Å²) >= 11 is 4.65. The first-order chi connectivity index (χ1) is 15.3. The van der Waals surface area contributed by atoms with Gasteiger partial charge in [0.2, 0.25) is 0 Å². The maximum absolute atomic E-state index is 13.1. The predicted octanol–water partition coefficient (Wildman–Crippen LogP) is 5.76. The number of amides is 1. The second-order valence-electron chi connectivity index (χ2n) is 6.60. The number of rotatable bonds is 6. The van der Waals surface area contributed by atoms with Gasteiger partial charge in [-0.1, -0.05) is 40.2 Å². The number of halogens is 2. The number of carbonyl (C=O) groups is 1. The third kappa shape index (κ3) is 5.04. The lowest BCUT2D eigenvalue weighted by Gasteiger charge is -2.12. The average Bonchev–Trinajstić information content (AvgIpc) is 3.23. The van der Waals surface area contributed by atoms with Crippen LogP contribution in [0, 0.1) is 5.82 Å². The van der Waals surface area contributed by atoms with Gasteiger partial charge in [-0.05, 0) is 48.5 Å². The number of para-hydroxylation sites is 1. The van der Waals surface area contributed by atoms with Gasteiger partial charge in [0.1, 0.15) is 5.82 Å². The van der Waals surface area contributed by atoms with Crippen molar-refractivity contribution in [2.75, 3.05) is 10.0 Å². The molecule has 0 radical (unpaired) electrons. The lowest BCUT2D eigenvalue weighted by molar-refractivity contribution is 0.102. The van der Waals surface area contributed by atoms with Crippen molar-refractivity contribution < 1.29 is 17.6 Å². The molecule has 2 N–H and O–H groups in total. The Morgan fingerprint density at radius 2 is 1.66 bits per heavy atom. The van der Waals surface area contributed by atoms with Crippen LogP contribution in [0.1, 0.15) is 10.4 Å². The largest absolute Gasteiger partial charge is 0.298 e. The van der Waals surface area contributed by atoms with E-state index in [2.05, 4.69) is 31.0 Å². The van der Waals surface area contributed by atoms with Crippen molar-refractivity contribution in [1.82, 2.24) is 4.98 Å². The lowest BCUT2D eigenvalue weighted by Crippen LogP contribution is -2.18. The second-order valence-corrected chi connectivity index (χ2v) is 10.1. The first kappa shape index (κ1) is 22.1. The highest BCUT2D eigenvalue weighted by Crippen LogP contribution is 2.27. The molecule has 0 fully saturated rings. The molecule has 0 spiro atoms. The van der Waals surface area contributed by atoms with Crippen molar-refractivity contribution in [3.8, 4) is 11.3 Å². The highest BCUT2D eigenvalue weighted by atomic mass is 79.9. The molecule has 0 atom stereocenters. The van der Waals surface area contributed by atoms with E-state index >= 15 is 0 Å². The van der Waals surface area contributed by atoms with Crippen molar-refractivity contribution in [3.05, 3.63) is 94.0 Å². The molecule has 162 valence electrons. The molecule has 4 rings (SSSR count). The minimum absolute atomic E-state index is 0.0963. The summed E-state index contributed by atoms with van der Waals surface area (Å²) in [6.07, 6.45) is 0. The van der Waals surface area contributed by atoms with Crippen LogP contribution in [0.5, 0.6) is 0 Å². The summed E-state index contributed by atoms with van der Waals surface area (Å²) in [5.41, 5.74) is 1.83. The van der Waals surface area contributed by atoms with Gasteiger partial charge in [0.15, 0.2) is 5.13 Å². The minimum Gasteiger partial charge on any atom is -0.298 e. The summed E-state index contributed by atoms with van der Waals surface area (Å²) in [5, 5.41) is 4.91. The first-order valence-corrected chi connectivity index (χ1v) is 12.4. The molecule has 1 amide bonds. The van der Waals surface area contributed by atoms with Gasteiger partial charge in [-0.15, -0.1) is 11.3 Å². The van der Waals surface area contributed by atoms with Gasteiger partial charge in [-0.2, -0.15) is 0 Å². The maximum Gasteiger partial charge on any atom is 0.261 e. The molecular formula is C22H15BrFN3O3S2. The van der Waals surface area contributed by atoms with Gasteiger partial charge in [-0.3, -0.25) is 14.8 Å². The zero-order valence-corrected chi connectivity index (χ0v) is 19.5. The number of aromatic nitrogens is 1. The Hall–Kier alpha value is -3.08. The van der Waals surface area contributed by atoms with Crippen LogP contribution in [-0.4, -0.2) is 19.3 Å². The molecule has 0 unspecified atom stereocenters. The standard InChI is InChI=1S/C22H15BrFN3O3S2/c23-15-7-5-14(6-8-15)20-13-31-22(25-20)26-21(28)18-3-1-2-4-19(18)27-32(29,30)17-11-9-16(24)10-12-17/h1-13,27H,(H,25,26,28). The minimum atomic E-state index is -4.01. The Morgan fingerprint density at radius 3 is 2.38 bits per heavy atom. The Bertz CT molecular complexity index is 1370. The van der Waals surface area contributed by atoms with Crippen LogP contribution in [0.3, 0.4) is 0 Å². The van der Waals surface area contributed by atoms with Crippen LogP contribution < -0.4 is 10.0 Å². The van der Waals surface area contributed by atoms with Crippen LogP contribution in [0.4, 0.5) is 15.2 Å². The zero-order valence-electron chi connectivity index (χ0n) is 16.2. The molecule has 4 aromatic rings. The molecule has 0 aliphatic carbocycles. The van der Waals surface area contributed by atoms with Crippen molar-refractivity contribution in [2.45, 2.75) is 4.90 Å². The molecule has 0 saturated heterocycles. The van der Waals surface area contributed by atoms with Crippen LogP contribution in [0.2, 0.25) is 0 Å². The van der Waals surface area contributed by atoms with Gasteiger partial charge >= 0.3 is 0 Å². The normalized spacial score (nSPS) is 11.2. The molecule has 0 bridgehead atoms. The number of carbonyl (C=O) groups excluding carboxylic acids is 1. The summed E-state index contributed by atoms with van der Waals surface area (Å²) in [6, 6.07) is 18.2. The maximum atomic E-state index is 13.1. The molecule has 32 heavy (non-hydrogen) atoms. The van der Waals surface area contributed by atoms with E-state index < -0.39 is 21.7 Å². The summed E-state index contributed by atoms with van der Waals surface area (Å²) in [6.45, 7) is 0. The number of benzene rings is 3. The molecule has 1 aromatic heterocycles. The van der Waals surface area contributed by atoms with Crippen LogP contribution in [0.15, 0.2) is 87.5 Å². The topological polar surface area (TPSA) is 88.2 Å². The fourth-order valence-corrected chi connectivity index (χ4v) is 4.90. The van der Waals surface area contributed by atoms with E-state index in [9.17, 15) is 17.6 Å². The quantitative estimate of drug-likeness (QED) is 0.330. The van der Waals surface area contributed by atoms with Crippen LogP contribution in [-0.2, 0) is 10.0 Å². The molecule has 6 nitrogen and oxygen atoms in total.